The summed E-state index contributed by atoms with van der Waals surface area (Å²) in [6, 6.07) is 4.16. The Bertz CT molecular complexity index is 476. The molecule has 0 saturated heterocycles. The van der Waals surface area contributed by atoms with Crippen LogP contribution in [0.1, 0.15) is 0 Å². The van der Waals surface area contributed by atoms with Crippen LogP contribution in [0.3, 0.4) is 0 Å². The van der Waals surface area contributed by atoms with Gasteiger partial charge in [0.15, 0.2) is 6.10 Å². The quantitative estimate of drug-likeness (QED) is 0.564. The van der Waals surface area contributed by atoms with Gasteiger partial charge in [-0.15, -0.1) is 0 Å². The zero-order valence-corrected chi connectivity index (χ0v) is 10.5. The zero-order valence-electron chi connectivity index (χ0n) is 10.5. The van der Waals surface area contributed by atoms with Gasteiger partial charge in [0.05, 0.1) is 18.6 Å². The van der Waals surface area contributed by atoms with Gasteiger partial charge in [-0.05, 0) is 6.07 Å². The first kappa shape index (κ1) is 14.7. The maximum absolute atomic E-state index is 10.8. The highest BCUT2D eigenvalue weighted by Gasteiger charge is 2.19. The van der Waals surface area contributed by atoms with Gasteiger partial charge in [0.25, 0.3) is 5.69 Å². The molecule has 19 heavy (non-hydrogen) atoms. The van der Waals surface area contributed by atoms with Crippen molar-refractivity contribution in [2.75, 3.05) is 26.1 Å². The molecule has 1 rings (SSSR count). The summed E-state index contributed by atoms with van der Waals surface area (Å²) >= 11 is 0. The second kappa shape index (κ2) is 6.55. The van der Waals surface area contributed by atoms with Crippen molar-refractivity contribution in [3.8, 4) is 5.75 Å². The first-order valence-corrected chi connectivity index (χ1v) is 5.31. The van der Waals surface area contributed by atoms with E-state index in [9.17, 15) is 14.9 Å². The molecular formula is C11H14N2O6. The SMILES string of the molecule is COc1ccc([N+](=O)[O-])c(NCC(OC)C(=O)O)c1. The Morgan fingerprint density at radius 1 is 1.53 bits per heavy atom. The minimum atomic E-state index is -1.15. The fraction of sp³-hybridized carbons (Fsp3) is 0.364. The number of hydrogen-bond donors (Lipinski definition) is 2. The Hall–Kier alpha value is -2.35. The van der Waals surface area contributed by atoms with Gasteiger partial charge in [0, 0.05) is 19.2 Å². The molecule has 0 aliphatic rings. The number of carboxylic acid groups (broad SMARTS) is 1. The number of benzene rings is 1. The van der Waals surface area contributed by atoms with E-state index in [1.165, 1.54) is 32.4 Å². The number of ether oxygens (including phenoxy) is 2. The maximum atomic E-state index is 10.8. The van der Waals surface area contributed by atoms with Gasteiger partial charge in [-0.25, -0.2) is 4.79 Å². The largest absolute Gasteiger partial charge is 0.497 e. The molecule has 0 spiro atoms. The molecule has 0 radical (unpaired) electrons. The second-order valence-corrected chi connectivity index (χ2v) is 3.58. The van der Waals surface area contributed by atoms with Crippen LogP contribution in [-0.4, -0.2) is 42.9 Å². The van der Waals surface area contributed by atoms with Crippen LogP contribution < -0.4 is 10.1 Å². The lowest BCUT2D eigenvalue weighted by Crippen LogP contribution is -2.30. The standard InChI is InChI=1S/C11H14N2O6/c1-18-7-3-4-9(13(16)17)8(5-7)12-6-10(19-2)11(14)15/h3-5,10,12H,6H2,1-2H3,(H,14,15). The van der Waals surface area contributed by atoms with E-state index in [-0.39, 0.29) is 17.9 Å². The third-order valence-corrected chi connectivity index (χ3v) is 2.44. The van der Waals surface area contributed by atoms with Crippen molar-refractivity contribution in [2.45, 2.75) is 6.10 Å². The number of hydrogen-bond acceptors (Lipinski definition) is 6. The van der Waals surface area contributed by atoms with Crippen LogP contribution in [0.5, 0.6) is 5.75 Å². The first-order valence-electron chi connectivity index (χ1n) is 5.31. The summed E-state index contributed by atoms with van der Waals surface area (Å²) in [5.41, 5.74) is 0.00805. The number of nitro groups is 1. The molecule has 8 heteroatoms. The molecule has 0 aliphatic carbocycles. The van der Waals surface area contributed by atoms with Gasteiger partial charge >= 0.3 is 5.97 Å². The summed E-state index contributed by atoms with van der Waals surface area (Å²) in [6.07, 6.45) is -1.09. The second-order valence-electron chi connectivity index (χ2n) is 3.58. The molecule has 0 aliphatic heterocycles. The molecule has 1 aromatic carbocycles. The summed E-state index contributed by atoms with van der Waals surface area (Å²) in [5.74, 6) is -0.724. The van der Waals surface area contributed by atoms with Gasteiger partial charge in [-0.2, -0.15) is 0 Å². The fourth-order valence-electron chi connectivity index (χ4n) is 1.42. The lowest BCUT2D eigenvalue weighted by molar-refractivity contribution is -0.384. The van der Waals surface area contributed by atoms with E-state index in [1.807, 2.05) is 0 Å². The number of carbonyl (C=O) groups is 1. The van der Waals surface area contributed by atoms with Gasteiger partial charge < -0.3 is 19.9 Å². The molecule has 2 N–H and O–H groups in total. The molecule has 0 heterocycles. The van der Waals surface area contributed by atoms with Crippen LogP contribution >= 0.6 is 0 Å². The van der Waals surface area contributed by atoms with Crippen LogP contribution in [-0.2, 0) is 9.53 Å². The van der Waals surface area contributed by atoms with Gasteiger partial charge in [-0.3, -0.25) is 10.1 Å². The van der Waals surface area contributed by atoms with Crippen LogP contribution in [0.15, 0.2) is 18.2 Å². The molecule has 0 aromatic heterocycles. The summed E-state index contributed by atoms with van der Waals surface area (Å²) in [7, 11) is 2.68. The number of carboxylic acids is 1. The molecule has 0 amide bonds. The van der Waals surface area contributed by atoms with Gasteiger partial charge in [-0.1, -0.05) is 0 Å². The lowest BCUT2D eigenvalue weighted by Gasteiger charge is -2.13. The van der Waals surface area contributed by atoms with Crippen LogP contribution in [0.25, 0.3) is 0 Å². The van der Waals surface area contributed by atoms with E-state index >= 15 is 0 Å². The van der Waals surface area contributed by atoms with Crippen LogP contribution in [0.4, 0.5) is 11.4 Å². The highest BCUT2D eigenvalue weighted by atomic mass is 16.6. The number of aliphatic carboxylic acids is 1. The molecule has 8 nitrogen and oxygen atoms in total. The van der Waals surface area contributed by atoms with Gasteiger partial charge in [0.2, 0.25) is 0 Å². The number of nitrogens with zero attached hydrogens (tertiary/aromatic N) is 1. The summed E-state index contributed by atoms with van der Waals surface area (Å²) < 4.78 is 9.69. The molecule has 1 atom stereocenters. The highest BCUT2D eigenvalue weighted by molar-refractivity contribution is 5.74. The van der Waals surface area contributed by atoms with E-state index in [2.05, 4.69) is 5.32 Å². The molecule has 0 saturated carbocycles. The van der Waals surface area contributed by atoms with Crippen molar-refractivity contribution < 1.29 is 24.3 Å². The number of methoxy groups -OCH3 is 2. The third-order valence-electron chi connectivity index (χ3n) is 2.44. The fourth-order valence-corrected chi connectivity index (χ4v) is 1.42. The molecule has 1 unspecified atom stereocenters. The monoisotopic (exact) mass is 270 g/mol. The predicted octanol–water partition coefficient (Wildman–Crippen LogP) is 1.11. The Labute approximate surface area is 109 Å². The summed E-state index contributed by atoms with van der Waals surface area (Å²) in [6.45, 7) is -0.0974. The normalized spacial score (nSPS) is 11.7. The zero-order chi connectivity index (χ0) is 14.4. The summed E-state index contributed by atoms with van der Waals surface area (Å²) in [4.78, 5) is 21.1. The van der Waals surface area contributed by atoms with E-state index in [0.29, 0.717) is 5.75 Å². The minimum absolute atomic E-state index is 0.0974. The van der Waals surface area contributed by atoms with Crippen molar-refractivity contribution in [3.63, 3.8) is 0 Å². The number of nitro benzene ring substituents is 1. The number of nitrogens with one attached hydrogen (secondary N) is 1. The van der Waals surface area contributed by atoms with E-state index in [4.69, 9.17) is 14.6 Å². The number of anilines is 1. The summed E-state index contributed by atoms with van der Waals surface area (Å²) in [5, 5.41) is 22.3. The lowest BCUT2D eigenvalue weighted by atomic mass is 10.2. The van der Waals surface area contributed by atoms with Crippen molar-refractivity contribution in [1.29, 1.82) is 0 Å². The Morgan fingerprint density at radius 2 is 2.21 bits per heavy atom. The molecule has 0 fully saturated rings. The topological polar surface area (TPSA) is 111 Å². The van der Waals surface area contributed by atoms with E-state index in [1.54, 1.807) is 0 Å². The van der Waals surface area contributed by atoms with Crippen molar-refractivity contribution in [1.82, 2.24) is 0 Å². The van der Waals surface area contributed by atoms with E-state index < -0.39 is 17.0 Å². The van der Waals surface area contributed by atoms with E-state index in [0.717, 1.165) is 0 Å². The molecular weight excluding hydrogens is 256 g/mol. The van der Waals surface area contributed by atoms with Crippen molar-refractivity contribution in [2.24, 2.45) is 0 Å². The van der Waals surface area contributed by atoms with Crippen molar-refractivity contribution in [3.05, 3.63) is 28.3 Å². The molecule has 104 valence electrons. The smallest absolute Gasteiger partial charge is 0.334 e. The van der Waals surface area contributed by atoms with Crippen LogP contribution in [0, 0.1) is 10.1 Å². The van der Waals surface area contributed by atoms with Crippen molar-refractivity contribution >= 4 is 17.3 Å². The molecule has 0 bridgehead atoms. The van der Waals surface area contributed by atoms with Gasteiger partial charge in [0.1, 0.15) is 11.4 Å². The third kappa shape index (κ3) is 3.81. The van der Waals surface area contributed by atoms with Crippen LogP contribution in [0.2, 0.25) is 0 Å². The Morgan fingerprint density at radius 3 is 2.68 bits per heavy atom. The minimum Gasteiger partial charge on any atom is -0.497 e. The number of rotatable bonds is 7. The molecule has 1 aromatic rings. The predicted molar refractivity (Wildman–Crippen MR) is 66.6 cm³/mol. The Kier molecular flexibility index (Phi) is 5.07. The Balaban J connectivity index is 2.91. The average molecular weight is 270 g/mol. The first-order chi connectivity index (χ1) is 8.99. The highest BCUT2D eigenvalue weighted by Crippen LogP contribution is 2.28. The maximum Gasteiger partial charge on any atom is 0.334 e. The average Bonchev–Trinajstić information content (AvgIpc) is 2.38.